The lowest BCUT2D eigenvalue weighted by molar-refractivity contribution is -0.147. The summed E-state index contributed by atoms with van der Waals surface area (Å²) in [5.74, 6) is -2.26. The molecule has 25 heavy (non-hydrogen) atoms. The van der Waals surface area contributed by atoms with Gasteiger partial charge in [0.05, 0.1) is 13.2 Å². The van der Waals surface area contributed by atoms with Gasteiger partial charge in [-0.2, -0.15) is 0 Å². The average molecular weight is 345 g/mol. The first kappa shape index (κ1) is 20.2. The van der Waals surface area contributed by atoms with Crippen LogP contribution < -0.4 is 0 Å². The van der Waals surface area contributed by atoms with Crippen LogP contribution in [0.2, 0.25) is 0 Å². The van der Waals surface area contributed by atoms with Crippen molar-refractivity contribution in [2.75, 3.05) is 19.8 Å². The van der Waals surface area contributed by atoms with Crippen LogP contribution in [-0.2, 0) is 30.4 Å². The van der Waals surface area contributed by atoms with Gasteiger partial charge in [0, 0.05) is 19.2 Å². The molecule has 6 nitrogen and oxygen atoms in total. The number of carbonyl (C=O) groups excluding carboxylic acids is 3. The molecule has 1 aromatic rings. The van der Waals surface area contributed by atoms with E-state index in [1.54, 1.807) is 19.9 Å². The van der Waals surface area contributed by atoms with Crippen molar-refractivity contribution in [1.29, 1.82) is 0 Å². The second-order valence-corrected chi connectivity index (χ2v) is 4.99. The zero-order chi connectivity index (χ0) is 18.7. The highest BCUT2D eigenvalue weighted by molar-refractivity contribution is 6.17. The van der Waals surface area contributed by atoms with Crippen molar-refractivity contribution < 1.29 is 23.9 Å². The van der Waals surface area contributed by atoms with E-state index in [-0.39, 0.29) is 19.8 Å². The predicted octanol–water partition coefficient (Wildman–Crippen LogP) is 2.25. The van der Waals surface area contributed by atoms with Crippen LogP contribution >= 0.6 is 0 Å². The van der Waals surface area contributed by atoms with Crippen molar-refractivity contribution in [2.45, 2.75) is 20.4 Å². The molecule has 0 bridgehead atoms. The van der Waals surface area contributed by atoms with E-state index in [0.29, 0.717) is 6.54 Å². The van der Waals surface area contributed by atoms with Crippen LogP contribution in [-0.4, -0.2) is 42.5 Å². The standard InChI is InChI=1S/C19H23NO5/c1-4-12-20(14-15-10-8-7-9-11-15)17(21)13-16(18(22)24-5-2)19(23)25-6-3/h4,7-11,13H,1,5-6,12,14H2,2-3H3. The molecule has 0 saturated heterocycles. The summed E-state index contributed by atoms with van der Waals surface area (Å²) in [6.07, 6.45) is 2.53. The Balaban J connectivity index is 3.04. The number of nitrogens with zero attached hydrogens (tertiary/aromatic N) is 1. The molecule has 1 rings (SSSR count). The van der Waals surface area contributed by atoms with Crippen LogP contribution in [0.15, 0.2) is 54.6 Å². The molecule has 0 unspecified atom stereocenters. The summed E-state index contributed by atoms with van der Waals surface area (Å²) in [4.78, 5) is 37.9. The maximum absolute atomic E-state index is 12.6. The van der Waals surface area contributed by atoms with Crippen LogP contribution in [0.25, 0.3) is 0 Å². The highest BCUT2D eigenvalue weighted by atomic mass is 16.6. The Morgan fingerprint density at radius 2 is 1.60 bits per heavy atom. The van der Waals surface area contributed by atoms with Gasteiger partial charge >= 0.3 is 11.9 Å². The third-order valence-electron chi connectivity index (χ3n) is 3.14. The van der Waals surface area contributed by atoms with Crippen molar-refractivity contribution in [2.24, 2.45) is 0 Å². The van der Waals surface area contributed by atoms with Crippen LogP contribution in [0.1, 0.15) is 19.4 Å². The number of amides is 1. The largest absolute Gasteiger partial charge is 0.462 e. The molecule has 1 aromatic carbocycles. The molecular formula is C19H23NO5. The highest BCUT2D eigenvalue weighted by Crippen LogP contribution is 2.09. The van der Waals surface area contributed by atoms with E-state index in [4.69, 9.17) is 9.47 Å². The number of rotatable bonds is 9. The quantitative estimate of drug-likeness (QED) is 0.226. The molecule has 0 aliphatic carbocycles. The Bertz CT molecular complexity index is 616. The number of carbonyl (C=O) groups is 3. The lowest BCUT2D eigenvalue weighted by atomic mass is 10.2. The fourth-order valence-electron chi connectivity index (χ4n) is 2.03. The van der Waals surface area contributed by atoms with Gasteiger partial charge in [-0.3, -0.25) is 4.79 Å². The van der Waals surface area contributed by atoms with Crippen molar-refractivity contribution in [3.63, 3.8) is 0 Å². The van der Waals surface area contributed by atoms with E-state index in [1.165, 1.54) is 4.90 Å². The van der Waals surface area contributed by atoms with E-state index < -0.39 is 23.4 Å². The third-order valence-corrected chi connectivity index (χ3v) is 3.14. The van der Waals surface area contributed by atoms with E-state index in [0.717, 1.165) is 11.6 Å². The minimum Gasteiger partial charge on any atom is -0.462 e. The number of hydrogen-bond acceptors (Lipinski definition) is 5. The average Bonchev–Trinajstić information content (AvgIpc) is 2.60. The number of benzene rings is 1. The van der Waals surface area contributed by atoms with Crippen LogP contribution in [0.3, 0.4) is 0 Å². The van der Waals surface area contributed by atoms with E-state index in [1.807, 2.05) is 30.3 Å². The predicted molar refractivity (Wildman–Crippen MR) is 93.4 cm³/mol. The van der Waals surface area contributed by atoms with Gasteiger partial charge < -0.3 is 14.4 Å². The van der Waals surface area contributed by atoms with Gasteiger partial charge in [-0.15, -0.1) is 6.58 Å². The Hall–Kier alpha value is -2.89. The first-order valence-corrected chi connectivity index (χ1v) is 8.03. The number of hydrogen-bond donors (Lipinski definition) is 0. The van der Waals surface area contributed by atoms with Crippen LogP contribution in [0, 0.1) is 0 Å². The first-order valence-electron chi connectivity index (χ1n) is 8.03. The van der Waals surface area contributed by atoms with E-state index in [9.17, 15) is 14.4 Å². The number of esters is 2. The van der Waals surface area contributed by atoms with Gasteiger partial charge in [-0.25, -0.2) is 9.59 Å². The third kappa shape index (κ3) is 6.63. The summed E-state index contributed by atoms with van der Waals surface area (Å²) in [6, 6.07) is 9.37. The fraction of sp³-hybridized carbons (Fsp3) is 0.316. The van der Waals surface area contributed by atoms with Crippen molar-refractivity contribution in [3.8, 4) is 0 Å². The normalized spacial score (nSPS) is 9.68. The Labute approximate surface area is 147 Å². The van der Waals surface area contributed by atoms with E-state index >= 15 is 0 Å². The van der Waals surface area contributed by atoms with Gasteiger partial charge in [0.25, 0.3) is 0 Å². The summed E-state index contributed by atoms with van der Waals surface area (Å²) >= 11 is 0. The summed E-state index contributed by atoms with van der Waals surface area (Å²) in [5.41, 5.74) is 0.496. The van der Waals surface area contributed by atoms with Crippen molar-refractivity contribution >= 4 is 17.8 Å². The van der Waals surface area contributed by atoms with Crippen molar-refractivity contribution in [1.82, 2.24) is 4.90 Å². The summed E-state index contributed by atoms with van der Waals surface area (Å²) in [5, 5.41) is 0. The zero-order valence-corrected chi connectivity index (χ0v) is 14.6. The summed E-state index contributed by atoms with van der Waals surface area (Å²) < 4.78 is 9.66. The van der Waals surface area contributed by atoms with Crippen LogP contribution in [0.4, 0.5) is 0 Å². The summed E-state index contributed by atoms with van der Waals surface area (Å²) in [7, 11) is 0. The molecule has 0 spiro atoms. The van der Waals surface area contributed by atoms with E-state index in [2.05, 4.69) is 6.58 Å². The molecule has 134 valence electrons. The molecule has 0 aromatic heterocycles. The Kier molecular flexibility index (Phi) is 8.71. The maximum atomic E-state index is 12.6. The second kappa shape index (κ2) is 10.8. The van der Waals surface area contributed by atoms with Gasteiger partial charge in [0.1, 0.15) is 5.57 Å². The SMILES string of the molecule is C=CCN(Cc1ccccc1)C(=O)C=C(C(=O)OCC)C(=O)OCC. The lowest BCUT2D eigenvalue weighted by Crippen LogP contribution is -2.31. The topological polar surface area (TPSA) is 72.9 Å². The van der Waals surface area contributed by atoms with Crippen LogP contribution in [0.5, 0.6) is 0 Å². The smallest absolute Gasteiger partial charge is 0.345 e. The maximum Gasteiger partial charge on any atom is 0.345 e. The minimum atomic E-state index is -0.882. The molecular weight excluding hydrogens is 322 g/mol. The molecule has 0 aliphatic heterocycles. The molecule has 0 aliphatic rings. The zero-order valence-electron chi connectivity index (χ0n) is 14.6. The minimum absolute atomic E-state index is 0.0875. The number of ether oxygens (including phenoxy) is 2. The fourth-order valence-corrected chi connectivity index (χ4v) is 2.03. The van der Waals surface area contributed by atoms with Gasteiger partial charge in [0.15, 0.2) is 0 Å². The molecule has 0 radical (unpaired) electrons. The Morgan fingerprint density at radius 3 is 2.08 bits per heavy atom. The monoisotopic (exact) mass is 345 g/mol. The lowest BCUT2D eigenvalue weighted by Gasteiger charge is -2.20. The molecule has 0 saturated carbocycles. The molecule has 0 heterocycles. The molecule has 0 fully saturated rings. The molecule has 6 heteroatoms. The highest BCUT2D eigenvalue weighted by Gasteiger charge is 2.24. The van der Waals surface area contributed by atoms with Gasteiger partial charge in [-0.05, 0) is 19.4 Å². The summed E-state index contributed by atoms with van der Waals surface area (Å²) in [6.45, 7) is 7.62. The van der Waals surface area contributed by atoms with Crippen molar-refractivity contribution in [3.05, 3.63) is 60.2 Å². The first-order chi connectivity index (χ1) is 12.0. The Morgan fingerprint density at radius 1 is 1.04 bits per heavy atom. The van der Waals surface area contributed by atoms with Gasteiger partial charge in [0.2, 0.25) is 5.91 Å². The second-order valence-electron chi connectivity index (χ2n) is 4.99. The molecule has 0 atom stereocenters. The molecule has 1 amide bonds. The van der Waals surface area contributed by atoms with Gasteiger partial charge in [-0.1, -0.05) is 36.4 Å². The molecule has 0 N–H and O–H groups in total.